The predicted octanol–water partition coefficient (Wildman–Crippen LogP) is 3.50. The number of aliphatic hydroxyl groups is 9. The molecule has 0 spiro atoms. The first-order chi connectivity index (χ1) is 38.2. The van der Waals surface area contributed by atoms with E-state index in [9.17, 15) is 55.5 Å². The second kappa shape index (κ2) is 24.4. The van der Waals surface area contributed by atoms with Crippen LogP contribution >= 0.6 is 22.6 Å². The first kappa shape index (κ1) is 63.1. The van der Waals surface area contributed by atoms with Crippen molar-refractivity contribution in [3.05, 3.63) is 45.0 Å². The van der Waals surface area contributed by atoms with Gasteiger partial charge in [0.15, 0.2) is 18.7 Å². The molecular weight excluding hydrogens is 1160 g/mol. The molecule has 3 heterocycles. The van der Waals surface area contributed by atoms with Gasteiger partial charge in [0, 0.05) is 27.5 Å². The third-order valence-corrected chi connectivity index (χ3v) is 22.6. The van der Waals surface area contributed by atoms with Crippen LogP contribution in [0.4, 0.5) is 0 Å². The van der Waals surface area contributed by atoms with Crippen LogP contribution in [0.5, 0.6) is 0 Å². The van der Waals surface area contributed by atoms with Crippen molar-refractivity contribution < 1.29 is 88.8 Å². The van der Waals surface area contributed by atoms with Gasteiger partial charge in [0.05, 0.1) is 43.5 Å². The summed E-state index contributed by atoms with van der Waals surface area (Å²) >= 11 is 2.17. The minimum atomic E-state index is -1.91. The molecule has 81 heavy (non-hydrogen) atoms. The molecule has 20 nitrogen and oxygen atoms in total. The summed E-state index contributed by atoms with van der Waals surface area (Å²) in [6, 6.07) is 5.86. The molecule has 21 heteroatoms. The Bertz CT molecular complexity index is 2440. The smallest absolute Gasteiger partial charge is 0.315 e. The van der Waals surface area contributed by atoms with Gasteiger partial charge in [-0.3, -0.25) is 14.4 Å². The molecule has 9 rings (SSSR count). The van der Waals surface area contributed by atoms with Crippen LogP contribution < -0.4 is 10.6 Å². The van der Waals surface area contributed by atoms with Gasteiger partial charge in [0.25, 0.3) is 5.91 Å². The van der Waals surface area contributed by atoms with E-state index in [2.05, 4.69) is 73.9 Å². The minimum Gasteiger partial charge on any atom is -0.432 e. The molecule has 7 fully saturated rings. The van der Waals surface area contributed by atoms with Gasteiger partial charge in [-0.15, -0.1) is 0 Å². The fourth-order valence-electron chi connectivity index (χ4n) is 16.6. The van der Waals surface area contributed by atoms with E-state index in [1.807, 2.05) is 19.1 Å². The van der Waals surface area contributed by atoms with Crippen LogP contribution in [0.1, 0.15) is 149 Å². The second-order valence-electron chi connectivity index (χ2n) is 27.0. The molecule has 1 aromatic rings. The Hall–Kier alpha value is -2.46. The third-order valence-electron chi connectivity index (χ3n) is 21.9. The number of halogens is 1. The largest absolute Gasteiger partial charge is 0.432 e. The Morgan fingerprint density at radius 3 is 2.14 bits per heavy atom. The van der Waals surface area contributed by atoms with E-state index in [1.165, 1.54) is 12.5 Å². The number of amides is 2. The average Bonchev–Trinajstić information content (AvgIpc) is 2.44. The molecule has 0 unspecified atom stereocenters. The van der Waals surface area contributed by atoms with Crippen LogP contribution in [0.15, 0.2) is 35.9 Å². The first-order valence-corrected chi connectivity index (χ1v) is 30.7. The Morgan fingerprint density at radius 1 is 0.741 bits per heavy atom. The quantitative estimate of drug-likeness (QED) is 0.0488. The number of hydrogen-bond acceptors (Lipinski definition) is 18. The van der Waals surface area contributed by atoms with Gasteiger partial charge < -0.3 is 85.0 Å². The maximum Gasteiger partial charge on any atom is 0.315 e. The number of nitrogens with one attached hydrogen (secondary N) is 2. The van der Waals surface area contributed by atoms with Gasteiger partial charge in [0.2, 0.25) is 12.2 Å². The standard InChI is InChI=1S/C60H91IN2O18/c1-31-48(79-51-46(72)43(69)36(66)29-76-51)45(71)47(73)52(77-31)80-49-44(70)42(63-41(68)11-9-8-10-26-62-50(74)32-12-14-33(61)15-13-32)37(28-64)78-53(49)81-54(75)60-24-22-55(2,3)27-35(60)34-16-17-39-56(4)20-19-40(67)57(5,30-65)38(56)18-21-59(39,7)58(34,6)23-25-60/h12-16,31,35-40,42-49,51-53,64-67,69-73H,8-11,17-30H2,1-7H3,(H,62,74)(H,63,68)/t31-,35-,36+,37+,38+,39+,40-,42-,43-,44-,45-,46+,47+,48-,49+,51-,52-,53-,56-,57-,58+,59+,60-/m0/s1. The van der Waals surface area contributed by atoms with E-state index in [1.54, 1.807) is 12.1 Å². The zero-order chi connectivity index (χ0) is 58.8. The summed E-state index contributed by atoms with van der Waals surface area (Å²) in [6.07, 6.45) is -10.1. The molecule has 3 saturated heterocycles. The Kier molecular flexibility index (Phi) is 19.0. The number of fused-ring (bicyclic) bond motifs is 7. The van der Waals surface area contributed by atoms with Crippen molar-refractivity contribution >= 4 is 40.4 Å². The maximum atomic E-state index is 15.7. The van der Waals surface area contributed by atoms with E-state index in [-0.39, 0.29) is 65.0 Å². The highest BCUT2D eigenvalue weighted by Gasteiger charge is 2.70. The monoisotopic (exact) mass is 1250 g/mol. The van der Waals surface area contributed by atoms with Crippen LogP contribution in [0.2, 0.25) is 0 Å². The zero-order valence-electron chi connectivity index (χ0n) is 48.1. The summed E-state index contributed by atoms with van der Waals surface area (Å²) < 4.78 is 37.7. The molecule has 0 bridgehead atoms. The number of esters is 1. The molecule has 4 saturated carbocycles. The predicted molar refractivity (Wildman–Crippen MR) is 300 cm³/mol. The fourth-order valence-corrected chi connectivity index (χ4v) is 17.0. The summed E-state index contributed by atoms with van der Waals surface area (Å²) in [5.74, 6) is -1.09. The summed E-state index contributed by atoms with van der Waals surface area (Å²) in [4.78, 5) is 42.0. The van der Waals surface area contributed by atoms with Crippen LogP contribution in [0.3, 0.4) is 0 Å². The lowest BCUT2D eigenvalue weighted by atomic mass is 9.33. The van der Waals surface area contributed by atoms with Gasteiger partial charge >= 0.3 is 5.97 Å². The van der Waals surface area contributed by atoms with E-state index >= 15 is 4.79 Å². The van der Waals surface area contributed by atoms with Crippen molar-refractivity contribution in [1.29, 1.82) is 0 Å². The molecule has 1 aromatic carbocycles. The molecule has 3 aliphatic heterocycles. The summed E-state index contributed by atoms with van der Waals surface area (Å²) in [6.45, 7) is 14.4. The molecular formula is C60H91IN2O18. The molecule has 2 amide bonds. The number of carbonyl (C=O) groups excluding carboxylic acids is 3. The number of allylic oxidation sites excluding steroid dienone is 2. The van der Waals surface area contributed by atoms with Crippen molar-refractivity contribution in [2.24, 2.45) is 50.2 Å². The molecule has 23 atom stereocenters. The van der Waals surface area contributed by atoms with Gasteiger partial charge in [-0.25, -0.2) is 0 Å². The summed E-state index contributed by atoms with van der Waals surface area (Å²) in [5.41, 5.74) is -0.605. The minimum absolute atomic E-state index is 0.0150. The van der Waals surface area contributed by atoms with Crippen molar-refractivity contribution in [2.45, 2.75) is 230 Å². The number of hydrogen-bond donors (Lipinski definition) is 11. The van der Waals surface area contributed by atoms with Gasteiger partial charge in [-0.05, 0) is 170 Å². The number of ether oxygens (including phenoxy) is 6. The molecule has 0 aromatic heterocycles. The summed E-state index contributed by atoms with van der Waals surface area (Å²) in [5, 5.41) is 105. The Labute approximate surface area is 489 Å². The lowest BCUT2D eigenvalue weighted by molar-refractivity contribution is -0.369. The first-order valence-electron chi connectivity index (χ1n) is 29.6. The maximum absolute atomic E-state index is 15.7. The third kappa shape index (κ3) is 11.6. The SMILES string of the molecule is C[C@@H]1O[C@@H](O[C@H]2[C@H](OC(=O)[C@]34CCC(C)(C)C[C@H]3C3=CC[C@@H]5[C@@]6(C)CC[C@H](O)[C@@](C)(CO)[C@@H]6CC[C@@]5(C)[C@]3(C)CC4)O[C@H](CO)[C@H](NC(=O)CCCCCNC(=O)c3ccc(I)cc3)[C@@H]2O)[C@H](O)[C@H](O)[C@H]1O[C@@H]1OC[C@@H](O)[C@H](O)[C@H]1O. The molecule has 456 valence electrons. The van der Waals surface area contributed by atoms with E-state index in [0.717, 1.165) is 35.7 Å². The Balaban J connectivity index is 0.949. The van der Waals surface area contributed by atoms with Crippen molar-refractivity contribution in [1.82, 2.24) is 10.6 Å². The zero-order valence-corrected chi connectivity index (χ0v) is 50.2. The lowest BCUT2D eigenvalue weighted by Gasteiger charge is -2.71. The van der Waals surface area contributed by atoms with Crippen LogP contribution in [0, 0.1) is 53.8 Å². The lowest BCUT2D eigenvalue weighted by Crippen LogP contribution is -2.68. The molecule has 11 N–H and O–H groups in total. The summed E-state index contributed by atoms with van der Waals surface area (Å²) in [7, 11) is 0. The molecule has 8 aliphatic rings. The van der Waals surface area contributed by atoms with Crippen molar-refractivity contribution in [2.75, 3.05) is 26.4 Å². The second-order valence-corrected chi connectivity index (χ2v) is 28.3. The molecule has 5 aliphatic carbocycles. The Morgan fingerprint density at radius 2 is 1.43 bits per heavy atom. The highest BCUT2D eigenvalue weighted by molar-refractivity contribution is 14.1. The normalized spacial score (nSPS) is 45.7. The van der Waals surface area contributed by atoms with Crippen LogP contribution in [-0.4, -0.2) is 182 Å². The average molecular weight is 1260 g/mol. The number of rotatable bonds is 16. The number of carbonyl (C=O) groups is 3. The topological polar surface area (TPSA) is 313 Å². The highest BCUT2D eigenvalue weighted by atomic mass is 127. The van der Waals surface area contributed by atoms with Crippen molar-refractivity contribution in [3.63, 3.8) is 0 Å². The number of benzene rings is 1. The van der Waals surface area contributed by atoms with E-state index in [0.29, 0.717) is 63.5 Å². The van der Waals surface area contributed by atoms with Crippen LogP contribution in [0.25, 0.3) is 0 Å². The highest BCUT2D eigenvalue weighted by Crippen LogP contribution is 2.76. The van der Waals surface area contributed by atoms with Gasteiger partial charge in [0.1, 0.15) is 48.8 Å². The fraction of sp³-hybridized carbons (Fsp3) is 0.817. The molecule has 0 radical (unpaired) electrons. The van der Waals surface area contributed by atoms with E-state index < -0.39 is 121 Å². The number of unbranched alkanes of at least 4 members (excludes halogenated alkanes) is 2. The van der Waals surface area contributed by atoms with Crippen LogP contribution in [-0.2, 0) is 38.0 Å². The van der Waals surface area contributed by atoms with Gasteiger partial charge in [-0.2, -0.15) is 0 Å². The van der Waals surface area contributed by atoms with Crippen molar-refractivity contribution in [3.8, 4) is 0 Å². The number of aliphatic hydroxyl groups excluding tert-OH is 9. The van der Waals surface area contributed by atoms with E-state index in [4.69, 9.17) is 28.4 Å². The van der Waals surface area contributed by atoms with Gasteiger partial charge in [-0.1, -0.05) is 59.6 Å².